The van der Waals surface area contributed by atoms with Gasteiger partial charge in [0.05, 0.1) is 12.8 Å². The summed E-state index contributed by atoms with van der Waals surface area (Å²) >= 11 is 0. The van der Waals surface area contributed by atoms with E-state index in [2.05, 4.69) is 36.6 Å². The van der Waals surface area contributed by atoms with Crippen LogP contribution in [0.3, 0.4) is 0 Å². The molecular weight excluding hydrogens is 348 g/mol. The average molecular weight is 383 g/mol. The lowest BCUT2D eigenvalue weighted by molar-refractivity contribution is 0.424. The molecule has 148 valence electrons. The quantitative estimate of drug-likeness (QED) is 0.370. The van der Waals surface area contributed by atoms with Gasteiger partial charge in [-0.25, -0.2) is 12.7 Å². The highest BCUT2D eigenvalue weighted by atomic mass is 32.2. The molecule has 0 amide bonds. The van der Waals surface area contributed by atoms with E-state index in [1.165, 1.54) is 16.1 Å². The first-order chi connectivity index (χ1) is 12.2. The van der Waals surface area contributed by atoms with Crippen LogP contribution in [0.1, 0.15) is 39.7 Å². The van der Waals surface area contributed by atoms with E-state index in [1.54, 1.807) is 0 Å². The van der Waals surface area contributed by atoms with Crippen molar-refractivity contribution in [3.8, 4) is 0 Å². The Morgan fingerprint density at radius 1 is 1.15 bits per heavy atom. The van der Waals surface area contributed by atoms with Gasteiger partial charge in [-0.15, -0.1) is 0 Å². The second kappa shape index (κ2) is 10.5. The molecule has 0 unspecified atom stereocenters. The number of hydrogen-bond donors (Lipinski definition) is 2. The van der Waals surface area contributed by atoms with Gasteiger partial charge in [0.15, 0.2) is 5.96 Å². The normalized spacial score (nSPS) is 13.1. The van der Waals surface area contributed by atoms with E-state index in [-0.39, 0.29) is 5.41 Å². The molecular formula is C19H34N4O2S. The van der Waals surface area contributed by atoms with Crippen LogP contribution in [0.4, 0.5) is 0 Å². The molecule has 0 fully saturated rings. The van der Waals surface area contributed by atoms with Crippen LogP contribution in [-0.4, -0.2) is 57.7 Å². The van der Waals surface area contributed by atoms with Crippen molar-refractivity contribution in [1.29, 1.82) is 0 Å². The Kier molecular flexibility index (Phi) is 9.08. The minimum Gasteiger partial charge on any atom is -0.357 e. The molecule has 0 aliphatic carbocycles. The van der Waals surface area contributed by atoms with Gasteiger partial charge in [0.1, 0.15) is 0 Å². The molecule has 0 aromatic heterocycles. The van der Waals surface area contributed by atoms with Crippen molar-refractivity contribution in [3.05, 3.63) is 35.9 Å². The Morgan fingerprint density at radius 2 is 1.81 bits per heavy atom. The van der Waals surface area contributed by atoms with Gasteiger partial charge in [0.2, 0.25) is 10.0 Å². The van der Waals surface area contributed by atoms with Crippen LogP contribution in [0, 0.1) is 0 Å². The molecule has 0 aliphatic heterocycles. The predicted octanol–water partition coefficient (Wildman–Crippen LogP) is 2.19. The van der Waals surface area contributed by atoms with E-state index < -0.39 is 10.0 Å². The molecule has 1 rings (SSSR count). The Hall–Kier alpha value is -1.60. The van der Waals surface area contributed by atoms with Gasteiger partial charge in [-0.3, -0.25) is 4.99 Å². The highest BCUT2D eigenvalue weighted by molar-refractivity contribution is 7.88. The fraction of sp³-hybridized carbons (Fsp3) is 0.632. The summed E-state index contributed by atoms with van der Waals surface area (Å²) in [5, 5.41) is 6.54. The first-order valence-corrected chi connectivity index (χ1v) is 11.1. The van der Waals surface area contributed by atoms with Crippen LogP contribution in [0.5, 0.6) is 0 Å². The number of guanidine groups is 1. The third-order valence-electron chi connectivity index (χ3n) is 4.23. The number of benzene rings is 1. The number of nitrogens with zero attached hydrogens (tertiary/aromatic N) is 2. The van der Waals surface area contributed by atoms with Crippen molar-refractivity contribution < 1.29 is 8.42 Å². The zero-order valence-electron chi connectivity index (χ0n) is 16.7. The Morgan fingerprint density at radius 3 is 2.35 bits per heavy atom. The van der Waals surface area contributed by atoms with E-state index in [0.29, 0.717) is 26.2 Å². The summed E-state index contributed by atoms with van der Waals surface area (Å²) < 4.78 is 24.7. The summed E-state index contributed by atoms with van der Waals surface area (Å²) in [4.78, 5) is 4.71. The number of hydrogen-bond acceptors (Lipinski definition) is 3. The van der Waals surface area contributed by atoms with Crippen LogP contribution in [0.2, 0.25) is 0 Å². The fourth-order valence-electron chi connectivity index (χ4n) is 2.62. The zero-order chi connectivity index (χ0) is 19.6. The minimum absolute atomic E-state index is 0.0566. The molecule has 0 saturated heterocycles. The van der Waals surface area contributed by atoms with Crippen molar-refractivity contribution in [2.45, 2.75) is 39.5 Å². The molecule has 0 saturated carbocycles. The SMILES string of the molecule is CCNC(=NCC(C)(C)c1ccccc1)NCCCN(CC)S(C)(=O)=O. The Balaban J connectivity index is 2.58. The highest BCUT2D eigenvalue weighted by Gasteiger charge is 2.20. The summed E-state index contributed by atoms with van der Waals surface area (Å²) in [6.45, 7) is 11.4. The van der Waals surface area contributed by atoms with Crippen molar-refractivity contribution in [1.82, 2.24) is 14.9 Å². The van der Waals surface area contributed by atoms with E-state index in [4.69, 9.17) is 4.99 Å². The molecule has 0 bridgehead atoms. The maximum atomic E-state index is 11.6. The maximum Gasteiger partial charge on any atom is 0.211 e. The van der Waals surface area contributed by atoms with Gasteiger partial charge in [-0.1, -0.05) is 51.1 Å². The molecule has 0 aliphatic rings. The van der Waals surface area contributed by atoms with Gasteiger partial charge in [-0.2, -0.15) is 0 Å². The molecule has 0 radical (unpaired) electrons. The molecule has 0 atom stereocenters. The highest BCUT2D eigenvalue weighted by Crippen LogP contribution is 2.22. The van der Waals surface area contributed by atoms with Crippen molar-refractivity contribution in [3.63, 3.8) is 0 Å². The van der Waals surface area contributed by atoms with E-state index in [0.717, 1.165) is 18.9 Å². The third-order valence-corrected chi connectivity index (χ3v) is 5.61. The molecule has 0 heterocycles. The third kappa shape index (κ3) is 7.74. The maximum absolute atomic E-state index is 11.6. The molecule has 6 nitrogen and oxygen atoms in total. The lowest BCUT2D eigenvalue weighted by atomic mass is 9.85. The Bertz CT molecular complexity index is 657. The molecule has 1 aromatic rings. The van der Waals surface area contributed by atoms with Crippen molar-refractivity contribution in [2.75, 3.05) is 39.0 Å². The summed E-state index contributed by atoms with van der Waals surface area (Å²) in [5.74, 6) is 0.763. The lowest BCUT2D eigenvalue weighted by Gasteiger charge is -2.24. The predicted molar refractivity (Wildman–Crippen MR) is 110 cm³/mol. The molecule has 1 aromatic carbocycles. The van der Waals surface area contributed by atoms with Crippen molar-refractivity contribution >= 4 is 16.0 Å². The van der Waals surface area contributed by atoms with Crippen molar-refractivity contribution in [2.24, 2.45) is 4.99 Å². The lowest BCUT2D eigenvalue weighted by Crippen LogP contribution is -2.40. The largest absolute Gasteiger partial charge is 0.357 e. The second-order valence-electron chi connectivity index (χ2n) is 6.98. The Labute approximate surface area is 159 Å². The monoisotopic (exact) mass is 382 g/mol. The standard InChI is InChI=1S/C19H34N4O2S/c1-6-20-18(21-14-11-15-23(7-2)26(5,24)25)22-16-19(3,4)17-12-9-8-10-13-17/h8-10,12-13H,6-7,11,14-16H2,1-5H3,(H2,20,21,22). The van der Waals surface area contributed by atoms with Gasteiger partial charge in [0.25, 0.3) is 0 Å². The van der Waals surface area contributed by atoms with E-state index in [1.807, 2.05) is 32.0 Å². The fourth-order valence-corrected chi connectivity index (χ4v) is 3.55. The second-order valence-corrected chi connectivity index (χ2v) is 8.96. The van der Waals surface area contributed by atoms with E-state index >= 15 is 0 Å². The minimum atomic E-state index is -3.13. The van der Waals surface area contributed by atoms with Gasteiger partial charge in [-0.05, 0) is 18.9 Å². The number of nitrogens with one attached hydrogen (secondary N) is 2. The van der Waals surface area contributed by atoms with Gasteiger partial charge < -0.3 is 10.6 Å². The summed E-state index contributed by atoms with van der Waals surface area (Å²) in [7, 11) is -3.13. The van der Waals surface area contributed by atoms with Crippen LogP contribution >= 0.6 is 0 Å². The van der Waals surface area contributed by atoms with Crippen LogP contribution in [0.15, 0.2) is 35.3 Å². The average Bonchev–Trinajstić information content (AvgIpc) is 2.59. The number of sulfonamides is 1. The molecule has 26 heavy (non-hydrogen) atoms. The summed E-state index contributed by atoms with van der Waals surface area (Å²) in [5.41, 5.74) is 1.20. The summed E-state index contributed by atoms with van der Waals surface area (Å²) in [6.07, 6.45) is 1.98. The zero-order valence-corrected chi connectivity index (χ0v) is 17.6. The number of aliphatic imine (C=N–C) groups is 1. The smallest absolute Gasteiger partial charge is 0.211 e. The van der Waals surface area contributed by atoms with Crippen LogP contribution in [0.25, 0.3) is 0 Å². The molecule has 0 spiro atoms. The topological polar surface area (TPSA) is 73.8 Å². The first-order valence-electron chi connectivity index (χ1n) is 9.23. The molecule has 7 heteroatoms. The van der Waals surface area contributed by atoms with Gasteiger partial charge >= 0.3 is 0 Å². The van der Waals surface area contributed by atoms with Crippen LogP contribution in [-0.2, 0) is 15.4 Å². The van der Waals surface area contributed by atoms with E-state index in [9.17, 15) is 8.42 Å². The number of rotatable bonds is 10. The first kappa shape index (κ1) is 22.4. The molecule has 2 N–H and O–H groups in total. The van der Waals surface area contributed by atoms with Crippen LogP contribution < -0.4 is 10.6 Å². The summed E-state index contributed by atoms with van der Waals surface area (Å²) in [6, 6.07) is 10.4. The van der Waals surface area contributed by atoms with Gasteiger partial charge in [0, 0.05) is 31.6 Å².